The molecule has 1 atom stereocenters. The van der Waals surface area contributed by atoms with Crippen LogP contribution in [0.4, 0.5) is 8.78 Å². The Labute approximate surface area is 138 Å². The Morgan fingerprint density at radius 3 is 2.83 bits per heavy atom. The van der Waals surface area contributed by atoms with E-state index < -0.39 is 18.4 Å². The summed E-state index contributed by atoms with van der Waals surface area (Å²) in [6.45, 7) is -0.248. The van der Waals surface area contributed by atoms with Gasteiger partial charge in [-0.1, -0.05) is 12.1 Å². The van der Waals surface area contributed by atoms with Crippen molar-refractivity contribution in [1.82, 2.24) is 10.4 Å². The predicted molar refractivity (Wildman–Crippen MR) is 81.5 cm³/mol. The van der Waals surface area contributed by atoms with Crippen LogP contribution in [0.2, 0.25) is 0 Å². The number of rotatable bonds is 6. The van der Waals surface area contributed by atoms with E-state index in [0.717, 1.165) is 0 Å². The monoisotopic (exact) mass is 342 g/mol. The summed E-state index contributed by atoms with van der Waals surface area (Å²) in [5.74, 6) is -1.28. The molecule has 1 aromatic carbocycles. The number of para-hydroxylation sites is 1. The first-order valence-electron chi connectivity index (χ1n) is 7.77. The molecule has 1 saturated heterocycles. The Kier molecular flexibility index (Phi) is 6.48. The molecule has 1 fully saturated rings. The van der Waals surface area contributed by atoms with Gasteiger partial charge in [0.2, 0.25) is 5.91 Å². The van der Waals surface area contributed by atoms with Crippen molar-refractivity contribution >= 4 is 11.8 Å². The zero-order valence-electron chi connectivity index (χ0n) is 13.3. The number of amides is 2. The second-order valence-corrected chi connectivity index (χ2v) is 5.36. The number of piperidine rings is 1. The Balaban J connectivity index is 2.08. The average Bonchev–Trinajstić information content (AvgIpc) is 2.59. The largest absolute Gasteiger partial charge is 0.434 e. The van der Waals surface area contributed by atoms with Gasteiger partial charge in [0.1, 0.15) is 5.75 Å². The van der Waals surface area contributed by atoms with E-state index in [1.54, 1.807) is 13.0 Å². The maximum atomic E-state index is 12.6. The van der Waals surface area contributed by atoms with Crippen LogP contribution >= 0.6 is 0 Å². The van der Waals surface area contributed by atoms with E-state index in [4.69, 9.17) is 4.84 Å². The van der Waals surface area contributed by atoms with Crippen molar-refractivity contribution in [2.45, 2.75) is 26.4 Å². The summed E-state index contributed by atoms with van der Waals surface area (Å²) in [7, 11) is 0. The van der Waals surface area contributed by atoms with Crippen LogP contribution in [0.3, 0.4) is 0 Å². The Bertz CT molecular complexity index is 583. The van der Waals surface area contributed by atoms with Crippen molar-refractivity contribution in [3.05, 3.63) is 29.8 Å². The van der Waals surface area contributed by atoms with Crippen LogP contribution in [0.25, 0.3) is 0 Å². The van der Waals surface area contributed by atoms with Gasteiger partial charge in [0, 0.05) is 13.1 Å². The number of carbonyl (C=O) groups is 2. The summed E-state index contributed by atoms with van der Waals surface area (Å²) in [5.41, 5.74) is 2.40. The van der Waals surface area contributed by atoms with Gasteiger partial charge < -0.3 is 9.64 Å². The van der Waals surface area contributed by atoms with Crippen molar-refractivity contribution in [1.29, 1.82) is 0 Å². The zero-order chi connectivity index (χ0) is 17.5. The van der Waals surface area contributed by atoms with Gasteiger partial charge in [-0.25, -0.2) is 5.48 Å². The van der Waals surface area contributed by atoms with E-state index in [9.17, 15) is 18.4 Å². The molecule has 2 amide bonds. The van der Waals surface area contributed by atoms with Gasteiger partial charge in [-0.3, -0.25) is 14.4 Å². The van der Waals surface area contributed by atoms with Gasteiger partial charge in [0.15, 0.2) is 0 Å². The summed E-state index contributed by atoms with van der Waals surface area (Å²) < 4.78 is 29.4. The first kappa shape index (κ1) is 18.1. The first-order valence-corrected chi connectivity index (χ1v) is 7.77. The third kappa shape index (κ3) is 4.64. The number of hydrogen-bond acceptors (Lipinski definition) is 4. The number of alkyl halides is 2. The summed E-state index contributed by atoms with van der Waals surface area (Å²) >= 11 is 0. The molecular weight excluding hydrogens is 322 g/mol. The maximum Gasteiger partial charge on any atom is 0.387 e. The molecule has 0 aliphatic carbocycles. The van der Waals surface area contributed by atoms with Gasteiger partial charge in [-0.15, -0.1) is 0 Å². The molecule has 1 aliphatic rings. The molecule has 1 unspecified atom stereocenters. The fourth-order valence-corrected chi connectivity index (χ4v) is 2.61. The lowest BCUT2D eigenvalue weighted by Crippen LogP contribution is -2.45. The van der Waals surface area contributed by atoms with Crippen molar-refractivity contribution < 1.29 is 27.9 Å². The summed E-state index contributed by atoms with van der Waals surface area (Å²) in [5, 5.41) is 0. The van der Waals surface area contributed by atoms with E-state index in [0.29, 0.717) is 26.0 Å². The van der Waals surface area contributed by atoms with Gasteiger partial charge in [0.25, 0.3) is 5.91 Å². The molecule has 0 bridgehead atoms. The van der Waals surface area contributed by atoms with Crippen LogP contribution in [0.15, 0.2) is 24.3 Å². The standard InChI is InChI=1S/C16H20F2N2O4/c1-2-23-19-14(21)11-6-5-9-20(10-11)15(22)12-7-3-4-8-13(12)24-16(17)18/h3-4,7-8,11,16H,2,5-6,9-10H2,1H3,(H,19,21). The normalized spacial score (nSPS) is 17.7. The van der Waals surface area contributed by atoms with E-state index in [-0.39, 0.29) is 23.8 Å². The summed E-state index contributed by atoms with van der Waals surface area (Å²) in [6.07, 6.45) is 1.28. The molecule has 0 radical (unpaired) electrons. The average molecular weight is 342 g/mol. The minimum absolute atomic E-state index is 0.0590. The van der Waals surface area contributed by atoms with Gasteiger partial charge in [-0.05, 0) is 31.9 Å². The molecule has 8 heteroatoms. The highest BCUT2D eigenvalue weighted by Crippen LogP contribution is 2.25. The molecule has 1 aliphatic heterocycles. The molecule has 1 N–H and O–H groups in total. The van der Waals surface area contributed by atoms with Crippen LogP contribution in [-0.2, 0) is 9.63 Å². The molecule has 0 spiro atoms. The van der Waals surface area contributed by atoms with Gasteiger partial charge >= 0.3 is 6.61 Å². The fraction of sp³-hybridized carbons (Fsp3) is 0.500. The van der Waals surface area contributed by atoms with Crippen LogP contribution in [0.5, 0.6) is 5.75 Å². The van der Waals surface area contributed by atoms with Crippen LogP contribution in [0, 0.1) is 5.92 Å². The number of carbonyl (C=O) groups excluding carboxylic acids is 2. The minimum atomic E-state index is -3.01. The van der Waals surface area contributed by atoms with Gasteiger partial charge in [0.05, 0.1) is 18.1 Å². The molecule has 0 aromatic heterocycles. The van der Waals surface area contributed by atoms with E-state index in [1.165, 1.54) is 23.1 Å². The van der Waals surface area contributed by atoms with Gasteiger partial charge in [-0.2, -0.15) is 8.78 Å². The third-order valence-corrected chi connectivity index (χ3v) is 3.73. The highest BCUT2D eigenvalue weighted by atomic mass is 19.3. The maximum absolute atomic E-state index is 12.6. The molecular formula is C16H20F2N2O4. The van der Waals surface area contributed by atoms with Crippen LogP contribution < -0.4 is 10.2 Å². The fourth-order valence-electron chi connectivity index (χ4n) is 2.61. The lowest BCUT2D eigenvalue weighted by atomic mass is 9.96. The smallest absolute Gasteiger partial charge is 0.387 e. The molecule has 132 valence electrons. The lowest BCUT2D eigenvalue weighted by Gasteiger charge is -2.32. The van der Waals surface area contributed by atoms with E-state index in [1.807, 2.05) is 0 Å². The molecule has 0 saturated carbocycles. The third-order valence-electron chi connectivity index (χ3n) is 3.73. The number of halogens is 2. The second-order valence-electron chi connectivity index (χ2n) is 5.36. The predicted octanol–water partition coefficient (Wildman–Crippen LogP) is 2.21. The topological polar surface area (TPSA) is 67.9 Å². The van der Waals surface area contributed by atoms with Crippen molar-refractivity contribution in [2.75, 3.05) is 19.7 Å². The highest BCUT2D eigenvalue weighted by molar-refractivity contribution is 5.97. The minimum Gasteiger partial charge on any atom is -0.434 e. The highest BCUT2D eigenvalue weighted by Gasteiger charge is 2.30. The number of likely N-dealkylation sites (tertiary alicyclic amines) is 1. The molecule has 2 rings (SSSR count). The molecule has 1 heterocycles. The van der Waals surface area contributed by atoms with E-state index in [2.05, 4.69) is 10.2 Å². The molecule has 1 aromatic rings. The lowest BCUT2D eigenvalue weighted by molar-refractivity contribution is -0.138. The summed E-state index contributed by atoms with van der Waals surface area (Å²) in [4.78, 5) is 31.0. The quantitative estimate of drug-likeness (QED) is 0.805. The number of nitrogens with one attached hydrogen (secondary N) is 1. The SMILES string of the molecule is CCONC(=O)C1CCCN(C(=O)c2ccccc2OC(F)F)C1. The second kappa shape index (κ2) is 8.58. The Morgan fingerprint density at radius 2 is 2.12 bits per heavy atom. The van der Waals surface area contributed by atoms with E-state index >= 15 is 0 Å². The van der Waals surface area contributed by atoms with Crippen molar-refractivity contribution in [3.8, 4) is 5.75 Å². The van der Waals surface area contributed by atoms with Crippen molar-refractivity contribution in [3.63, 3.8) is 0 Å². The van der Waals surface area contributed by atoms with Crippen LogP contribution in [0.1, 0.15) is 30.1 Å². The summed E-state index contributed by atoms with van der Waals surface area (Å²) in [6, 6.07) is 5.85. The van der Waals surface area contributed by atoms with Crippen LogP contribution in [-0.4, -0.2) is 43.0 Å². The Hall–Kier alpha value is -2.22. The molecule has 6 nitrogen and oxygen atoms in total. The number of nitrogens with zero attached hydrogens (tertiary/aromatic N) is 1. The zero-order valence-corrected chi connectivity index (χ0v) is 13.3. The first-order chi connectivity index (χ1) is 11.5. The number of benzene rings is 1. The van der Waals surface area contributed by atoms with Crippen molar-refractivity contribution in [2.24, 2.45) is 5.92 Å². The molecule has 24 heavy (non-hydrogen) atoms. The number of hydroxylamine groups is 1. The Morgan fingerprint density at radius 1 is 1.38 bits per heavy atom. The number of ether oxygens (including phenoxy) is 1. The number of hydrogen-bond donors (Lipinski definition) is 1.